The number of nitrogens with one attached hydrogen (secondary N) is 1. The zero-order chi connectivity index (χ0) is 13.2. The first-order chi connectivity index (χ1) is 8.50. The Hall–Kier alpha value is -1.46. The van der Waals surface area contributed by atoms with E-state index in [-0.39, 0.29) is 5.91 Å². The van der Waals surface area contributed by atoms with Crippen LogP contribution in [0.1, 0.15) is 29.2 Å². The molecule has 0 saturated heterocycles. The van der Waals surface area contributed by atoms with Gasteiger partial charge in [-0.1, -0.05) is 11.6 Å². The maximum Gasteiger partial charge on any atom is 0.255 e. The van der Waals surface area contributed by atoms with E-state index in [1.165, 1.54) is 17.5 Å². The molecule has 0 atom stereocenters. The molecule has 0 saturated carbocycles. The van der Waals surface area contributed by atoms with Gasteiger partial charge in [-0.05, 0) is 19.9 Å². The van der Waals surface area contributed by atoms with Crippen LogP contribution in [0, 0.1) is 0 Å². The molecule has 1 N–H and O–H groups in total. The number of hydrogen-bond acceptors (Lipinski definition) is 4. The highest BCUT2D eigenvalue weighted by atomic mass is 35.5. The largest absolute Gasteiger partial charge is 0.341 e. The zero-order valence-electron chi connectivity index (χ0n) is 9.98. The fraction of sp³-hybridized carbons (Fsp3) is 0.250. The summed E-state index contributed by atoms with van der Waals surface area (Å²) in [5.74, 6) is -0.256. The molecule has 0 radical (unpaired) electrons. The van der Waals surface area contributed by atoms with Crippen molar-refractivity contribution >= 4 is 28.8 Å². The Balaban J connectivity index is 2.20. The quantitative estimate of drug-likeness (QED) is 0.941. The van der Waals surface area contributed by atoms with E-state index in [1.807, 2.05) is 19.2 Å². The second-order valence-electron chi connectivity index (χ2n) is 4.27. The van der Waals surface area contributed by atoms with Gasteiger partial charge in [-0.3, -0.25) is 9.78 Å². The van der Waals surface area contributed by atoms with Gasteiger partial charge in [0.05, 0.1) is 16.1 Å². The third-order valence-corrected chi connectivity index (χ3v) is 3.83. The number of nitrogens with zero attached hydrogens (tertiary/aromatic N) is 2. The van der Waals surface area contributed by atoms with Crippen LogP contribution in [0.5, 0.6) is 0 Å². The molecule has 1 amide bonds. The van der Waals surface area contributed by atoms with Crippen LogP contribution >= 0.6 is 22.9 Å². The number of amides is 1. The van der Waals surface area contributed by atoms with Crippen molar-refractivity contribution in [2.45, 2.75) is 19.4 Å². The molecule has 6 heteroatoms. The molecule has 0 bridgehead atoms. The van der Waals surface area contributed by atoms with E-state index in [1.54, 1.807) is 18.5 Å². The van der Waals surface area contributed by atoms with Crippen LogP contribution in [0.3, 0.4) is 0 Å². The predicted molar refractivity (Wildman–Crippen MR) is 71.9 cm³/mol. The molecule has 2 aromatic heterocycles. The number of hydrogen-bond donors (Lipinski definition) is 1. The second-order valence-corrected chi connectivity index (χ2v) is 5.57. The van der Waals surface area contributed by atoms with Gasteiger partial charge in [0.15, 0.2) is 0 Å². The van der Waals surface area contributed by atoms with E-state index in [0.29, 0.717) is 10.6 Å². The Kier molecular flexibility index (Phi) is 3.63. The molecule has 0 fully saturated rings. The first-order valence-electron chi connectivity index (χ1n) is 5.33. The van der Waals surface area contributed by atoms with Gasteiger partial charge in [0, 0.05) is 24.0 Å². The van der Waals surface area contributed by atoms with Gasteiger partial charge in [-0.2, -0.15) is 0 Å². The molecule has 0 aliphatic rings. The van der Waals surface area contributed by atoms with Crippen molar-refractivity contribution in [3.05, 3.63) is 45.6 Å². The lowest BCUT2D eigenvalue weighted by Gasteiger charge is -2.23. The predicted octanol–water partition coefficient (Wildman–Crippen LogP) is 2.86. The first-order valence-corrected chi connectivity index (χ1v) is 6.58. The standard InChI is InChI=1S/C12H12ClN3OS/c1-12(2,11-15-5-6-18-11)16-10(17)8-7-14-4-3-9(8)13/h3-7H,1-2H3,(H,16,17). The van der Waals surface area contributed by atoms with Crippen LogP contribution in [0.4, 0.5) is 0 Å². The summed E-state index contributed by atoms with van der Waals surface area (Å²) >= 11 is 7.46. The van der Waals surface area contributed by atoms with Gasteiger partial charge in [-0.25, -0.2) is 4.98 Å². The fourth-order valence-corrected chi connectivity index (χ4v) is 2.39. The van der Waals surface area contributed by atoms with Crippen molar-refractivity contribution in [1.82, 2.24) is 15.3 Å². The van der Waals surface area contributed by atoms with Crippen LogP contribution in [0.25, 0.3) is 0 Å². The summed E-state index contributed by atoms with van der Waals surface area (Å²) in [4.78, 5) is 20.2. The number of pyridine rings is 1. The van der Waals surface area contributed by atoms with Crippen LogP contribution in [0.2, 0.25) is 5.02 Å². The molecule has 2 rings (SSSR count). The molecule has 94 valence electrons. The Morgan fingerprint density at radius 3 is 2.83 bits per heavy atom. The van der Waals surface area contributed by atoms with Gasteiger partial charge in [-0.15, -0.1) is 11.3 Å². The van der Waals surface area contributed by atoms with E-state index in [9.17, 15) is 4.79 Å². The minimum atomic E-state index is -0.537. The molecule has 0 aliphatic heterocycles. The lowest BCUT2D eigenvalue weighted by Crippen LogP contribution is -2.41. The maximum atomic E-state index is 12.1. The van der Waals surface area contributed by atoms with Crippen LogP contribution < -0.4 is 5.32 Å². The second kappa shape index (κ2) is 5.04. The molecule has 4 nitrogen and oxygen atoms in total. The number of rotatable bonds is 3. The van der Waals surface area contributed by atoms with Crippen LogP contribution in [-0.2, 0) is 5.54 Å². The normalized spacial score (nSPS) is 11.3. The van der Waals surface area contributed by atoms with Crippen molar-refractivity contribution < 1.29 is 4.79 Å². The molecule has 2 heterocycles. The molecular weight excluding hydrogens is 270 g/mol. The number of halogens is 1. The summed E-state index contributed by atoms with van der Waals surface area (Å²) < 4.78 is 0. The van der Waals surface area contributed by atoms with Crippen molar-refractivity contribution in [3.63, 3.8) is 0 Å². The average molecular weight is 282 g/mol. The van der Waals surface area contributed by atoms with Gasteiger partial charge >= 0.3 is 0 Å². The van der Waals surface area contributed by atoms with E-state index in [2.05, 4.69) is 15.3 Å². The number of carbonyl (C=O) groups is 1. The average Bonchev–Trinajstić information content (AvgIpc) is 2.82. The van der Waals surface area contributed by atoms with Crippen molar-refractivity contribution in [3.8, 4) is 0 Å². The smallest absolute Gasteiger partial charge is 0.255 e. The minimum absolute atomic E-state index is 0.256. The number of aromatic nitrogens is 2. The van der Waals surface area contributed by atoms with E-state index in [0.717, 1.165) is 5.01 Å². The molecule has 2 aromatic rings. The van der Waals surface area contributed by atoms with Crippen molar-refractivity contribution in [1.29, 1.82) is 0 Å². The lowest BCUT2D eigenvalue weighted by atomic mass is 10.1. The van der Waals surface area contributed by atoms with Gasteiger partial charge in [0.1, 0.15) is 5.01 Å². The van der Waals surface area contributed by atoms with Gasteiger partial charge in [0.25, 0.3) is 5.91 Å². The highest BCUT2D eigenvalue weighted by Crippen LogP contribution is 2.23. The molecule has 18 heavy (non-hydrogen) atoms. The Labute approximate surface area is 114 Å². The molecular formula is C12H12ClN3OS. The van der Waals surface area contributed by atoms with E-state index >= 15 is 0 Å². The SMILES string of the molecule is CC(C)(NC(=O)c1cnccc1Cl)c1nccs1. The third-order valence-electron chi connectivity index (χ3n) is 2.41. The van der Waals surface area contributed by atoms with Crippen molar-refractivity contribution in [2.24, 2.45) is 0 Å². The topological polar surface area (TPSA) is 54.9 Å². The summed E-state index contributed by atoms with van der Waals surface area (Å²) in [5.41, 5.74) is -0.173. The molecule has 0 aliphatic carbocycles. The summed E-state index contributed by atoms with van der Waals surface area (Å²) in [6, 6.07) is 1.59. The van der Waals surface area contributed by atoms with Crippen molar-refractivity contribution in [2.75, 3.05) is 0 Å². The third kappa shape index (κ3) is 2.68. The summed E-state index contributed by atoms with van der Waals surface area (Å²) in [6.07, 6.45) is 4.71. The summed E-state index contributed by atoms with van der Waals surface area (Å²) in [6.45, 7) is 3.79. The monoisotopic (exact) mass is 281 g/mol. The maximum absolute atomic E-state index is 12.1. The van der Waals surface area contributed by atoms with E-state index in [4.69, 9.17) is 11.6 Å². The number of carbonyl (C=O) groups excluding carboxylic acids is 1. The number of thiazole rings is 1. The minimum Gasteiger partial charge on any atom is -0.341 e. The Morgan fingerprint density at radius 1 is 1.44 bits per heavy atom. The molecule has 0 aromatic carbocycles. The first kappa shape index (κ1) is 13.0. The zero-order valence-corrected chi connectivity index (χ0v) is 11.5. The molecule has 0 unspecified atom stereocenters. The lowest BCUT2D eigenvalue weighted by molar-refractivity contribution is 0.0911. The van der Waals surface area contributed by atoms with Crippen LogP contribution in [0.15, 0.2) is 30.0 Å². The van der Waals surface area contributed by atoms with Crippen LogP contribution in [-0.4, -0.2) is 15.9 Å². The van der Waals surface area contributed by atoms with Gasteiger partial charge < -0.3 is 5.32 Å². The molecule has 0 spiro atoms. The Bertz CT molecular complexity index is 554. The van der Waals surface area contributed by atoms with E-state index < -0.39 is 5.54 Å². The van der Waals surface area contributed by atoms with Gasteiger partial charge in [0.2, 0.25) is 0 Å². The fourth-order valence-electron chi connectivity index (χ4n) is 1.48. The highest BCUT2D eigenvalue weighted by molar-refractivity contribution is 7.09. The Morgan fingerprint density at radius 2 is 2.22 bits per heavy atom. The highest BCUT2D eigenvalue weighted by Gasteiger charge is 2.26. The summed E-state index contributed by atoms with van der Waals surface area (Å²) in [7, 11) is 0. The summed E-state index contributed by atoms with van der Waals surface area (Å²) in [5, 5.41) is 6.01.